The number of aromatic nitrogens is 1. The smallest absolute Gasteiger partial charge is 0.264 e. The van der Waals surface area contributed by atoms with Gasteiger partial charge >= 0.3 is 0 Å². The zero-order valence-corrected chi connectivity index (χ0v) is 18.2. The molecule has 1 aliphatic heterocycles. The quantitative estimate of drug-likeness (QED) is 0.610. The summed E-state index contributed by atoms with van der Waals surface area (Å²) in [7, 11) is -0.852. The maximum atomic E-state index is 13.1. The lowest BCUT2D eigenvalue weighted by Crippen LogP contribution is -2.35. The number of carbonyl (C=O) groups is 1. The number of fused-ring (bicyclic) bond motifs is 1. The molecule has 2 heterocycles. The van der Waals surface area contributed by atoms with Gasteiger partial charge < -0.3 is 9.64 Å². The van der Waals surface area contributed by atoms with Crippen LogP contribution in [0.1, 0.15) is 22.5 Å². The van der Waals surface area contributed by atoms with Gasteiger partial charge in [0.15, 0.2) is 0 Å². The first-order chi connectivity index (χ1) is 14.9. The number of benzene rings is 2. The van der Waals surface area contributed by atoms with Crippen molar-refractivity contribution >= 4 is 27.3 Å². The Morgan fingerprint density at radius 1 is 1.06 bits per heavy atom. The largest absolute Gasteiger partial charge is 0.495 e. The van der Waals surface area contributed by atoms with Gasteiger partial charge in [-0.15, -0.1) is 0 Å². The third-order valence-electron chi connectivity index (χ3n) is 5.38. The molecule has 7 nitrogen and oxygen atoms in total. The molecule has 1 amide bonds. The van der Waals surface area contributed by atoms with Gasteiger partial charge in [0.05, 0.1) is 29.1 Å². The first-order valence-electron chi connectivity index (χ1n) is 9.91. The van der Waals surface area contributed by atoms with Gasteiger partial charge in [-0.25, -0.2) is 8.42 Å². The summed E-state index contributed by atoms with van der Waals surface area (Å²) < 4.78 is 32.7. The molecule has 0 bridgehead atoms. The third-order valence-corrected chi connectivity index (χ3v) is 7.17. The van der Waals surface area contributed by atoms with E-state index < -0.39 is 10.0 Å². The molecule has 0 radical (unpaired) electrons. The average Bonchev–Trinajstić information content (AvgIpc) is 2.82. The van der Waals surface area contributed by atoms with Gasteiger partial charge in [-0.2, -0.15) is 0 Å². The molecule has 0 unspecified atom stereocenters. The van der Waals surface area contributed by atoms with E-state index in [2.05, 4.69) is 4.98 Å². The molecular weight excluding hydrogens is 414 g/mol. The molecule has 1 aliphatic rings. The lowest BCUT2D eigenvalue weighted by atomic mass is 10.1. The van der Waals surface area contributed by atoms with E-state index in [1.54, 1.807) is 47.5 Å². The van der Waals surface area contributed by atoms with Crippen molar-refractivity contribution in [1.82, 2.24) is 4.98 Å². The summed E-state index contributed by atoms with van der Waals surface area (Å²) in [5.74, 6) is 0.286. The molecule has 8 heteroatoms. The number of para-hydroxylation sites is 2. The standard InChI is InChI=1S/C23H23N3O4S/c1-25(21-8-3-4-10-22(21)30-2)31(28,29)18-13-11-17(12-14-18)23(27)26-16-6-7-19-20(26)9-5-15-24-19/h3-5,8-15H,6-7,16H2,1-2H3. The van der Waals surface area contributed by atoms with Crippen molar-refractivity contribution in [3.05, 3.63) is 78.1 Å². The zero-order chi connectivity index (χ0) is 22.0. The summed E-state index contributed by atoms with van der Waals surface area (Å²) in [6.45, 7) is 0.605. The van der Waals surface area contributed by atoms with Crippen LogP contribution in [0.2, 0.25) is 0 Å². The van der Waals surface area contributed by atoms with Crippen LogP contribution in [-0.4, -0.2) is 40.0 Å². The number of rotatable bonds is 5. The monoisotopic (exact) mass is 437 g/mol. The Balaban J connectivity index is 1.60. The highest BCUT2D eigenvalue weighted by molar-refractivity contribution is 7.92. The minimum Gasteiger partial charge on any atom is -0.495 e. The lowest BCUT2D eigenvalue weighted by Gasteiger charge is -2.28. The van der Waals surface area contributed by atoms with Crippen LogP contribution < -0.4 is 13.9 Å². The van der Waals surface area contributed by atoms with Gasteiger partial charge in [0.1, 0.15) is 5.75 Å². The molecule has 3 aromatic rings. The fourth-order valence-corrected chi connectivity index (χ4v) is 4.91. The summed E-state index contributed by atoms with van der Waals surface area (Å²) in [5, 5.41) is 0. The molecule has 0 fully saturated rings. The van der Waals surface area contributed by atoms with Gasteiger partial charge in [0.25, 0.3) is 15.9 Å². The first-order valence-corrected chi connectivity index (χ1v) is 11.4. The van der Waals surface area contributed by atoms with E-state index in [4.69, 9.17) is 4.74 Å². The summed E-state index contributed by atoms with van der Waals surface area (Å²) in [4.78, 5) is 19.2. The Kier molecular flexibility index (Phi) is 5.65. The zero-order valence-electron chi connectivity index (χ0n) is 17.4. The van der Waals surface area contributed by atoms with Crippen molar-refractivity contribution < 1.29 is 17.9 Å². The average molecular weight is 438 g/mol. The Morgan fingerprint density at radius 3 is 2.55 bits per heavy atom. The van der Waals surface area contributed by atoms with E-state index in [0.29, 0.717) is 23.5 Å². The Labute approximate surface area is 182 Å². The van der Waals surface area contributed by atoms with Gasteiger partial charge in [-0.3, -0.25) is 14.1 Å². The fourth-order valence-electron chi connectivity index (χ4n) is 3.71. The van der Waals surface area contributed by atoms with E-state index in [1.807, 2.05) is 12.1 Å². The molecule has 0 aliphatic carbocycles. The summed E-state index contributed by atoms with van der Waals surface area (Å²) in [6.07, 6.45) is 3.41. The number of nitrogens with zero attached hydrogens (tertiary/aromatic N) is 3. The number of ether oxygens (including phenoxy) is 1. The van der Waals surface area contributed by atoms with Crippen molar-refractivity contribution in [3.8, 4) is 5.75 Å². The molecule has 160 valence electrons. The van der Waals surface area contributed by atoms with Gasteiger partial charge in [-0.1, -0.05) is 12.1 Å². The molecule has 0 saturated heterocycles. The highest BCUT2D eigenvalue weighted by Gasteiger charge is 2.26. The predicted molar refractivity (Wildman–Crippen MR) is 119 cm³/mol. The minimum atomic E-state index is -3.82. The van der Waals surface area contributed by atoms with Crippen molar-refractivity contribution in [2.45, 2.75) is 17.7 Å². The second-order valence-electron chi connectivity index (χ2n) is 7.20. The maximum absolute atomic E-state index is 13.1. The lowest BCUT2D eigenvalue weighted by molar-refractivity contribution is 0.0985. The highest BCUT2D eigenvalue weighted by atomic mass is 32.2. The molecule has 0 atom stereocenters. The molecule has 4 rings (SSSR count). The molecule has 0 saturated carbocycles. The van der Waals surface area contributed by atoms with Crippen LogP contribution in [-0.2, 0) is 16.4 Å². The maximum Gasteiger partial charge on any atom is 0.264 e. The van der Waals surface area contributed by atoms with E-state index >= 15 is 0 Å². The fraction of sp³-hybridized carbons (Fsp3) is 0.217. The number of hydrogen-bond acceptors (Lipinski definition) is 5. The molecule has 0 spiro atoms. The van der Waals surface area contributed by atoms with Gasteiger partial charge in [-0.05, 0) is 61.4 Å². The van der Waals surface area contributed by atoms with Crippen molar-refractivity contribution in [2.75, 3.05) is 29.9 Å². The van der Waals surface area contributed by atoms with Gasteiger partial charge in [0.2, 0.25) is 0 Å². The SMILES string of the molecule is COc1ccccc1N(C)S(=O)(=O)c1ccc(C(=O)N2CCCc3ncccc32)cc1. The second-order valence-corrected chi connectivity index (χ2v) is 9.17. The van der Waals surface area contributed by atoms with Crippen LogP contribution in [0.15, 0.2) is 71.8 Å². The normalized spacial score (nSPS) is 13.4. The van der Waals surface area contributed by atoms with E-state index in [1.165, 1.54) is 30.6 Å². The Morgan fingerprint density at radius 2 is 1.81 bits per heavy atom. The molecule has 2 aromatic carbocycles. The van der Waals surface area contributed by atoms with Crippen LogP contribution in [0.5, 0.6) is 5.75 Å². The topological polar surface area (TPSA) is 79.8 Å². The number of sulfonamides is 1. The Hall–Kier alpha value is -3.39. The molecular formula is C23H23N3O4S. The number of anilines is 2. The van der Waals surface area contributed by atoms with Gasteiger partial charge in [0, 0.05) is 25.4 Å². The molecule has 1 aromatic heterocycles. The van der Waals surface area contributed by atoms with E-state index in [9.17, 15) is 13.2 Å². The molecule has 0 N–H and O–H groups in total. The third kappa shape index (κ3) is 3.86. The van der Waals surface area contributed by atoms with Crippen LogP contribution in [0, 0.1) is 0 Å². The predicted octanol–water partition coefficient (Wildman–Crippen LogP) is 3.51. The number of amides is 1. The summed E-state index contributed by atoms with van der Waals surface area (Å²) >= 11 is 0. The number of methoxy groups -OCH3 is 1. The van der Waals surface area contributed by atoms with E-state index in [-0.39, 0.29) is 10.8 Å². The number of hydrogen-bond donors (Lipinski definition) is 0. The summed E-state index contributed by atoms with van der Waals surface area (Å²) in [6, 6.07) is 16.6. The Bertz CT molecular complexity index is 1210. The second kappa shape index (κ2) is 8.39. The highest BCUT2D eigenvalue weighted by Crippen LogP contribution is 2.31. The number of carbonyl (C=O) groups excluding carboxylic acids is 1. The van der Waals surface area contributed by atoms with Crippen LogP contribution in [0.25, 0.3) is 0 Å². The molecule has 31 heavy (non-hydrogen) atoms. The van der Waals surface area contributed by atoms with Crippen LogP contribution in [0.3, 0.4) is 0 Å². The van der Waals surface area contributed by atoms with Crippen molar-refractivity contribution in [3.63, 3.8) is 0 Å². The van der Waals surface area contributed by atoms with E-state index in [0.717, 1.165) is 24.2 Å². The summed E-state index contributed by atoms with van der Waals surface area (Å²) in [5.41, 5.74) is 2.57. The minimum absolute atomic E-state index is 0.0955. The number of pyridine rings is 1. The van der Waals surface area contributed by atoms with Crippen LogP contribution >= 0.6 is 0 Å². The first kappa shape index (κ1) is 20.9. The van der Waals surface area contributed by atoms with Crippen molar-refractivity contribution in [1.29, 1.82) is 0 Å². The van der Waals surface area contributed by atoms with Crippen LogP contribution in [0.4, 0.5) is 11.4 Å². The number of aryl methyl sites for hydroxylation is 1. The van der Waals surface area contributed by atoms with Crippen molar-refractivity contribution in [2.24, 2.45) is 0 Å².